The number of methoxy groups -OCH3 is 1. The molecule has 0 spiro atoms. The predicted octanol–water partition coefficient (Wildman–Crippen LogP) is 3.67. The Hall–Kier alpha value is -3.98. The Balaban J connectivity index is 1.89. The van der Waals surface area contributed by atoms with Crippen molar-refractivity contribution in [2.24, 2.45) is 4.99 Å². The van der Waals surface area contributed by atoms with E-state index in [4.69, 9.17) is 9.73 Å². The van der Waals surface area contributed by atoms with Crippen LogP contribution in [0.3, 0.4) is 0 Å². The van der Waals surface area contributed by atoms with Crippen molar-refractivity contribution in [1.82, 2.24) is 10.3 Å². The number of carbonyl (C=O) groups excluding carboxylic acids is 1. The summed E-state index contributed by atoms with van der Waals surface area (Å²) >= 11 is 0. The van der Waals surface area contributed by atoms with Crippen LogP contribution in [0.1, 0.15) is 32.7 Å². The van der Waals surface area contributed by atoms with E-state index in [1.807, 2.05) is 36.4 Å². The van der Waals surface area contributed by atoms with Gasteiger partial charge in [0.25, 0.3) is 5.91 Å². The monoisotopic (exact) mass is 399 g/mol. The summed E-state index contributed by atoms with van der Waals surface area (Å²) in [6, 6.07) is 18.2. The molecule has 0 fully saturated rings. The summed E-state index contributed by atoms with van der Waals surface area (Å²) in [5, 5.41) is 2.53. The summed E-state index contributed by atoms with van der Waals surface area (Å²) in [7, 11) is 1.56. The quantitative estimate of drug-likeness (QED) is 0.521. The highest BCUT2D eigenvalue weighted by Gasteiger charge is 2.17. The number of ether oxygens (including phenoxy) is 1. The zero-order chi connectivity index (χ0) is 20.9. The molecule has 30 heavy (non-hydrogen) atoms. The largest absolute Gasteiger partial charge is 0.481 e. The number of aliphatic imine (C=N–C) groups is 1. The number of halogens is 1. The third-order valence-corrected chi connectivity index (χ3v) is 4.56. The highest BCUT2D eigenvalue weighted by Crippen LogP contribution is 2.27. The number of nitrogens with zero attached hydrogens (tertiary/aromatic N) is 2. The van der Waals surface area contributed by atoms with Gasteiger partial charge in [-0.3, -0.25) is 4.79 Å². The molecule has 1 N–H and O–H groups in total. The molecule has 0 unspecified atom stereocenters. The summed E-state index contributed by atoms with van der Waals surface area (Å²) < 4.78 is 17.7. The number of rotatable bonds is 5. The Morgan fingerprint density at radius 1 is 1.07 bits per heavy atom. The Labute approximate surface area is 173 Å². The van der Waals surface area contributed by atoms with Crippen molar-refractivity contribution in [3.05, 3.63) is 88.6 Å². The SMILES string of the molecule is COc1cccc(C2=Nc3cc(C(=O)NCCF)ccc3C#Cc3ccccc32)n1. The molecule has 0 saturated heterocycles. The van der Waals surface area contributed by atoms with E-state index in [1.165, 1.54) is 0 Å². The molecule has 148 valence electrons. The summed E-state index contributed by atoms with van der Waals surface area (Å²) in [5.74, 6) is 6.44. The number of hydrogen-bond acceptors (Lipinski definition) is 4. The Morgan fingerprint density at radius 2 is 1.90 bits per heavy atom. The average Bonchev–Trinajstić information content (AvgIpc) is 2.78. The lowest BCUT2D eigenvalue weighted by Gasteiger charge is -2.13. The summed E-state index contributed by atoms with van der Waals surface area (Å²) in [4.78, 5) is 21.7. The van der Waals surface area contributed by atoms with Gasteiger partial charge in [-0.25, -0.2) is 14.4 Å². The zero-order valence-corrected chi connectivity index (χ0v) is 16.3. The predicted molar refractivity (Wildman–Crippen MR) is 113 cm³/mol. The lowest BCUT2D eigenvalue weighted by atomic mass is 9.98. The smallest absolute Gasteiger partial charge is 0.251 e. The van der Waals surface area contributed by atoms with Crippen LogP contribution >= 0.6 is 0 Å². The van der Waals surface area contributed by atoms with E-state index in [1.54, 1.807) is 31.4 Å². The van der Waals surface area contributed by atoms with Crippen molar-refractivity contribution in [3.63, 3.8) is 0 Å². The van der Waals surface area contributed by atoms with Crippen LogP contribution in [0.4, 0.5) is 10.1 Å². The molecule has 1 amide bonds. The van der Waals surface area contributed by atoms with E-state index in [0.29, 0.717) is 34.1 Å². The highest BCUT2D eigenvalue weighted by atomic mass is 19.1. The molecule has 1 aliphatic rings. The molecule has 5 nitrogen and oxygen atoms in total. The minimum atomic E-state index is -0.622. The number of aromatic nitrogens is 1. The van der Waals surface area contributed by atoms with E-state index in [-0.39, 0.29) is 12.5 Å². The molecule has 2 aromatic carbocycles. The maximum atomic E-state index is 12.4. The second-order valence-electron chi connectivity index (χ2n) is 6.50. The number of benzene rings is 2. The zero-order valence-electron chi connectivity index (χ0n) is 16.3. The van der Waals surface area contributed by atoms with Gasteiger partial charge in [0, 0.05) is 29.3 Å². The van der Waals surface area contributed by atoms with Gasteiger partial charge in [0.1, 0.15) is 6.67 Å². The minimum absolute atomic E-state index is 0.0364. The Bertz CT molecular complexity index is 1210. The third kappa shape index (κ3) is 3.91. The standard InChI is InChI=1S/C24H18FN3O2/c1-30-22-8-4-7-20(27-22)23-19-6-3-2-5-16(19)9-10-17-11-12-18(15-21(17)28-23)24(29)26-14-13-25/h2-8,11-12,15H,13-14H2,1H3,(H,26,29). The fourth-order valence-electron chi connectivity index (χ4n) is 3.10. The van der Waals surface area contributed by atoms with Crippen molar-refractivity contribution in [3.8, 4) is 17.7 Å². The lowest BCUT2D eigenvalue weighted by Crippen LogP contribution is -2.25. The van der Waals surface area contributed by atoms with Gasteiger partial charge in [0.15, 0.2) is 0 Å². The van der Waals surface area contributed by atoms with Crippen molar-refractivity contribution in [1.29, 1.82) is 0 Å². The molecule has 1 aliphatic heterocycles. The number of pyridine rings is 1. The van der Waals surface area contributed by atoms with E-state index in [9.17, 15) is 9.18 Å². The number of fused-ring (bicyclic) bond motifs is 2. The second-order valence-corrected chi connectivity index (χ2v) is 6.50. The van der Waals surface area contributed by atoms with Gasteiger partial charge >= 0.3 is 0 Å². The Morgan fingerprint density at radius 3 is 2.73 bits per heavy atom. The molecule has 3 aromatic rings. The maximum absolute atomic E-state index is 12.4. The number of alkyl halides is 1. The van der Waals surface area contributed by atoms with Gasteiger partial charge in [0.05, 0.1) is 29.8 Å². The Kier molecular flexibility index (Phi) is 5.53. The van der Waals surface area contributed by atoms with Gasteiger partial charge in [-0.15, -0.1) is 0 Å². The highest BCUT2D eigenvalue weighted by molar-refractivity contribution is 6.14. The topological polar surface area (TPSA) is 63.6 Å². The van der Waals surface area contributed by atoms with Crippen molar-refractivity contribution in [2.45, 2.75) is 0 Å². The first-order valence-corrected chi connectivity index (χ1v) is 9.39. The number of amides is 1. The molecule has 2 heterocycles. The fourth-order valence-corrected chi connectivity index (χ4v) is 3.10. The van der Waals surface area contributed by atoms with Crippen molar-refractivity contribution in [2.75, 3.05) is 20.3 Å². The molecule has 0 bridgehead atoms. The molecule has 4 rings (SSSR count). The van der Waals surface area contributed by atoms with E-state index in [0.717, 1.165) is 11.1 Å². The molecule has 0 saturated carbocycles. The molecular formula is C24H18FN3O2. The summed E-state index contributed by atoms with van der Waals surface area (Å²) in [6.07, 6.45) is 0. The summed E-state index contributed by atoms with van der Waals surface area (Å²) in [6.45, 7) is -0.659. The van der Waals surface area contributed by atoms with Gasteiger partial charge in [-0.2, -0.15) is 0 Å². The van der Waals surface area contributed by atoms with Crippen LogP contribution < -0.4 is 10.1 Å². The fraction of sp³-hybridized carbons (Fsp3) is 0.125. The van der Waals surface area contributed by atoms with E-state index < -0.39 is 6.67 Å². The average molecular weight is 399 g/mol. The van der Waals surface area contributed by atoms with E-state index >= 15 is 0 Å². The molecule has 0 atom stereocenters. The van der Waals surface area contributed by atoms with Gasteiger partial charge in [0.2, 0.25) is 5.88 Å². The van der Waals surface area contributed by atoms with Crippen LogP contribution in [0.25, 0.3) is 0 Å². The summed E-state index contributed by atoms with van der Waals surface area (Å²) in [5.41, 5.74) is 4.54. The van der Waals surface area contributed by atoms with Crippen molar-refractivity contribution < 1.29 is 13.9 Å². The molecule has 0 aliphatic carbocycles. The van der Waals surface area contributed by atoms with Crippen LogP contribution in [-0.4, -0.2) is 36.9 Å². The first-order valence-electron chi connectivity index (χ1n) is 9.39. The van der Waals surface area contributed by atoms with Gasteiger partial charge < -0.3 is 10.1 Å². The van der Waals surface area contributed by atoms with Gasteiger partial charge in [-0.05, 0) is 30.3 Å². The third-order valence-electron chi connectivity index (χ3n) is 4.56. The molecule has 1 aromatic heterocycles. The van der Waals surface area contributed by atoms with Crippen LogP contribution in [0.15, 0.2) is 65.7 Å². The minimum Gasteiger partial charge on any atom is -0.481 e. The van der Waals surface area contributed by atoms with Crippen LogP contribution in [0, 0.1) is 11.8 Å². The van der Waals surface area contributed by atoms with Crippen LogP contribution in [0.2, 0.25) is 0 Å². The molecular weight excluding hydrogens is 381 g/mol. The molecule has 0 radical (unpaired) electrons. The van der Waals surface area contributed by atoms with Crippen LogP contribution in [-0.2, 0) is 0 Å². The first-order chi connectivity index (χ1) is 14.7. The first kappa shape index (κ1) is 19.3. The lowest BCUT2D eigenvalue weighted by molar-refractivity contribution is 0.0951. The normalized spacial score (nSPS) is 11.6. The van der Waals surface area contributed by atoms with Gasteiger partial charge in [-0.1, -0.05) is 36.1 Å². The number of hydrogen-bond donors (Lipinski definition) is 1. The maximum Gasteiger partial charge on any atom is 0.251 e. The van der Waals surface area contributed by atoms with E-state index in [2.05, 4.69) is 22.1 Å². The van der Waals surface area contributed by atoms with Crippen LogP contribution in [0.5, 0.6) is 5.88 Å². The molecule has 6 heteroatoms. The number of nitrogens with one attached hydrogen (secondary N) is 1. The number of carbonyl (C=O) groups is 1. The second kappa shape index (κ2) is 8.58. The van der Waals surface area contributed by atoms with Crippen molar-refractivity contribution >= 4 is 17.3 Å².